The number of hydrogen-bond donors (Lipinski definition) is 2. The Kier molecular flexibility index (Phi) is 3.88. The maximum Gasteiger partial charge on any atom is 0.133 e. The Morgan fingerprint density at radius 2 is 2.22 bits per heavy atom. The van der Waals surface area contributed by atoms with Gasteiger partial charge in [0.1, 0.15) is 5.82 Å². The summed E-state index contributed by atoms with van der Waals surface area (Å²) in [6, 6.07) is 2.06. The van der Waals surface area contributed by atoms with Crippen LogP contribution in [0.5, 0.6) is 0 Å². The number of anilines is 1. The molecule has 100 valence electrons. The van der Waals surface area contributed by atoms with Gasteiger partial charge in [-0.15, -0.1) is 0 Å². The molecule has 0 radical (unpaired) electrons. The number of nitrogens with two attached hydrogens (primary N) is 1. The monoisotopic (exact) mass is 249 g/mol. The highest BCUT2D eigenvalue weighted by molar-refractivity contribution is 5.52. The van der Waals surface area contributed by atoms with Crippen LogP contribution in [0.2, 0.25) is 0 Å². The first kappa shape index (κ1) is 13.3. The number of aryl methyl sites for hydroxylation is 2. The second-order valence-corrected chi connectivity index (χ2v) is 5.37. The standard InChI is InChI=1S/C14H23N3O/c1-9-4-5-17(8-13(9)18)14-12(7-15)10(2)6-11(3)16-14/h6,9,13,18H,4-5,7-8,15H2,1-3H3. The lowest BCUT2D eigenvalue weighted by molar-refractivity contribution is 0.102. The van der Waals surface area contributed by atoms with E-state index in [9.17, 15) is 5.11 Å². The number of pyridine rings is 1. The van der Waals surface area contributed by atoms with Crippen molar-refractivity contribution in [1.82, 2.24) is 4.98 Å². The third-order valence-corrected chi connectivity index (χ3v) is 3.88. The fourth-order valence-corrected chi connectivity index (χ4v) is 2.60. The summed E-state index contributed by atoms with van der Waals surface area (Å²) in [5.74, 6) is 1.33. The molecule has 0 aromatic carbocycles. The molecule has 3 N–H and O–H groups in total. The SMILES string of the molecule is Cc1cc(C)c(CN)c(N2CCC(C)C(O)C2)n1. The van der Waals surface area contributed by atoms with Gasteiger partial charge in [-0.2, -0.15) is 0 Å². The number of aliphatic hydroxyl groups is 1. The van der Waals surface area contributed by atoms with Crippen molar-refractivity contribution in [2.45, 2.75) is 39.8 Å². The molecular weight excluding hydrogens is 226 g/mol. The lowest BCUT2D eigenvalue weighted by atomic mass is 9.95. The van der Waals surface area contributed by atoms with E-state index in [-0.39, 0.29) is 6.10 Å². The fraction of sp³-hybridized carbons (Fsp3) is 0.643. The topological polar surface area (TPSA) is 62.4 Å². The van der Waals surface area contributed by atoms with E-state index in [1.54, 1.807) is 0 Å². The third-order valence-electron chi connectivity index (χ3n) is 3.88. The van der Waals surface area contributed by atoms with Gasteiger partial charge in [0.05, 0.1) is 6.10 Å². The zero-order valence-electron chi connectivity index (χ0n) is 11.5. The Bertz CT molecular complexity index is 433. The Morgan fingerprint density at radius 3 is 2.83 bits per heavy atom. The molecule has 0 bridgehead atoms. The molecule has 4 heteroatoms. The van der Waals surface area contributed by atoms with E-state index >= 15 is 0 Å². The minimum absolute atomic E-state index is 0.271. The molecule has 1 aliphatic rings. The summed E-state index contributed by atoms with van der Waals surface area (Å²) >= 11 is 0. The normalized spacial score (nSPS) is 24.4. The number of piperidine rings is 1. The molecule has 1 aliphatic heterocycles. The second kappa shape index (κ2) is 5.24. The summed E-state index contributed by atoms with van der Waals surface area (Å²) in [5.41, 5.74) is 9.14. The zero-order chi connectivity index (χ0) is 13.3. The molecule has 1 saturated heterocycles. The van der Waals surface area contributed by atoms with E-state index in [2.05, 4.69) is 29.8 Å². The minimum atomic E-state index is -0.271. The van der Waals surface area contributed by atoms with Gasteiger partial charge in [0, 0.05) is 30.9 Å². The van der Waals surface area contributed by atoms with Crippen LogP contribution in [0.15, 0.2) is 6.07 Å². The summed E-state index contributed by atoms with van der Waals surface area (Å²) in [5, 5.41) is 10.0. The van der Waals surface area contributed by atoms with Gasteiger partial charge < -0.3 is 15.7 Å². The molecule has 2 unspecified atom stereocenters. The lowest BCUT2D eigenvalue weighted by Gasteiger charge is -2.36. The van der Waals surface area contributed by atoms with Crippen molar-refractivity contribution in [1.29, 1.82) is 0 Å². The van der Waals surface area contributed by atoms with Crippen LogP contribution in [-0.2, 0) is 6.54 Å². The number of aliphatic hydroxyl groups excluding tert-OH is 1. The third kappa shape index (κ3) is 2.49. The van der Waals surface area contributed by atoms with Crippen LogP contribution in [0.1, 0.15) is 30.2 Å². The number of β-amino-alcohol motifs (C(OH)–C–C–N with tert-alkyl or cyclic N) is 1. The van der Waals surface area contributed by atoms with Crippen LogP contribution in [0.3, 0.4) is 0 Å². The molecule has 2 atom stereocenters. The molecule has 0 aliphatic carbocycles. The highest BCUT2D eigenvalue weighted by Gasteiger charge is 2.26. The Morgan fingerprint density at radius 1 is 1.50 bits per heavy atom. The molecule has 18 heavy (non-hydrogen) atoms. The molecule has 0 spiro atoms. The van der Waals surface area contributed by atoms with Crippen molar-refractivity contribution in [2.75, 3.05) is 18.0 Å². The number of rotatable bonds is 2. The first-order chi connectivity index (χ1) is 8.52. The predicted octanol–water partition coefficient (Wildman–Crippen LogP) is 1.36. The van der Waals surface area contributed by atoms with Crippen LogP contribution in [0.25, 0.3) is 0 Å². The average Bonchev–Trinajstić information content (AvgIpc) is 2.32. The van der Waals surface area contributed by atoms with E-state index in [0.29, 0.717) is 19.0 Å². The van der Waals surface area contributed by atoms with E-state index in [0.717, 1.165) is 30.0 Å². The van der Waals surface area contributed by atoms with Crippen molar-refractivity contribution in [3.05, 3.63) is 22.9 Å². The van der Waals surface area contributed by atoms with Gasteiger partial charge in [0.2, 0.25) is 0 Å². The predicted molar refractivity (Wildman–Crippen MR) is 73.6 cm³/mol. The summed E-state index contributed by atoms with van der Waals surface area (Å²) in [7, 11) is 0. The van der Waals surface area contributed by atoms with Crippen molar-refractivity contribution < 1.29 is 5.11 Å². The van der Waals surface area contributed by atoms with E-state index in [1.807, 2.05) is 6.92 Å². The van der Waals surface area contributed by atoms with E-state index < -0.39 is 0 Å². The van der Waals surface area contributed by atoms with Gasteiger partial charge in [-0.05, 0) is 37.8 Å². The van der Waals surface area contributed by atoms with Gasteiger partial charge in [0.15, 0.2) is 0 Å². The van der Waals surface area contributed by atoms with Crippen LogP contribution < -0.4 is 10.6 Å². The fourth-order valence-electron chi connectivity index (χ4n) is 2.60. The minimum Gasteiger partial charge on any atom is -0.391 e. The summed E-state index contributed by atoms with van der Waals surface area (Å²) in [6.45, 7) is 8.27. The number of nitrogens with zero attached hydrogens (tertiary/aromatic N) is 2. The summed E-state index contributed by atoms with van der Waals surface area (Å²) in [4.78, 5) is 6.80. The number of hydrogen-bond acceptors (Lipinski definition) is 4. The number of aromatic nitrogens is 1. The Labute approximate surface area is 109 Å². The molecular formula is C14H23N3O. The molecule has 1 fully saturated rings. The molecule has 2 heterocycles. The van der Waals surface area contributed by atoms with Crippen LogP contribution in [-0.4, -0.2) is 29.3 Å². The highest BCUT2D eigenvalue weighted by atomic mass is 16.3. The Hall–Kier alpha value is -1.13. The van der Waals surface area contributed by atoms with Gasteiger partial charge in [-0.1, -0.05) is 6.92 Å². The van der Waals surface area contributed by atoms with Crippen molar-refractivity contribution >= 4 is 5.82 Å². The molecule has 1 aromatic heterocycles. The molecule has 1 aromatic rings. The van der Waals surface area contributed by atoms with Crippen LogP contribution in [0, 0.1) is 19.8 Å². The van der Waals surface area contributed by atoms with Crippen LogP contribution in [0.4, 0.5) is 5.82 Å². The lowest BCUT2D eigenvalue weighted by Crippen LogP contribution is -2.43. The molecule has 2 rings (SSSR count). The maximum absolute atomic E-state index is 10.0. The van der Waals surface area contributed by atoms with E-state index in [4.69, 9.17) is 5.73 Å². The Balaban J connectivity index is 2.33. The van der Waals surface area contributed by atoms with Crippen molar-refractivity contribution in [2.24, 2.45) is 11.7 Å². The van der Waals surface area contributed by atoms with Gasteiger partial charge in [0.25, 0.3) is 0 Å². The maximum atomic E-state index is 10.0. The second-order valence-electron chi connectivity index (χ2n) is 5.37. The highest BCUT2D eigenvalue weighted by Crippen LogP contribution is 2.27. The largest absolute Gasteiger partial charge is 0.391 e. The van der Waals surface area contributed by atoms with Gasteiger partial charge in [-0.3, -0.25) is 0 Å². The quantitative estimate of drug-likeness (QED) is 0.831. The smallest absolute Gasteiger partial charge is 0.133 e. The van der Waals surface area contributed by atoms with E-state index in [1.165, 1.54) is 5.56 Å². The molecule has 4 nitrogen and oxygen atoms in total. The molecule has 0 saturated carbocycles. The summed E-state index contributed by atoms with van der Waals surface area (Å²) < 4.78 is 0. The van der Waals surface area contributed by atoms with Gasteiger partial charge >= 0.3 is 0 Å². The average molecular weight is 249 g/mol. The summed E-state index contributed by atoms with van der Waals surface area (Å²) in [6.07, 6.45) is 0.729. The van der Waals surface area contributed by atoms with Gasteiger partial charge in [-0.25, -0.2) is 4.98 Å². The first-order valence-electron chi connectivity index (χ1n) is 6.63. The van der Waals surface area contributed by atoms with Crippen molar-refractivity contribution in [3.8, 4) is 0 Å². The zero-order valence-corrected chi connectivity index (χ0v) is 11.5. The van der Waals surface area contributed by atoms with Crippen molar-refractivity contribution in [3.63, 3.8) is 0 Å². The molecule has 0 amide bonds. The van der Waals surface area contributed by atoms with Crippen LogP contribution >= 0.6 is 0 Å². The first-order valence-corrected chi connectivity index (χ1v) is 6.63.